The molecule has 3 nitrogen and oxygen atoms in total. The molecule has 1 saturated carbocycles. The zero-order valence-corrected chi connectivity index (χ0v) is 12.8. The van der Waals surface area contributed by atoms with Gasteiger partial charge in [0.15, 0.2) is 5.78 Å². The number of rotatable bonds is 4. The Hall–Kier alpha value is -1.52. The van der Waals surface area contributed by atoms with Gasteiger partial charge in [-0.3, -0.25) is 9.69 Å². The summed E-state index contributed by atoms with van der Waals surface area (Å²) in [5.41, 5.74) is 1.38. The summed E-state index contributed by atoms with van der Waals surface area (Å²) in [6.07, 6.45) is 3.87. The van der Waals surface area contributed by atoms with Crippen LogP contribution in [0.1, 0.15) is 37.8 Å². The van der Waals surface area contributed by atoms with Crippen LogP contribution in [-0.4, -0.2) is 35.0 Å². The second kappa shape index (κ2) is 6.31. The molecule has 1 aromatic carbocycles. The molecule has 2 fully saturated rings. The van der Waals surface area contributed by atoms with Gasteiger partial charge < -0.3 is 5.11 Å². The molecule has 118 valence electrons. The fraction of sp³-hybridized carbons (Fsp3) is 0.500. The monoisotopic (exact) mass is 303 g/mol. The highest BCUT2D eigenvalue weighted by atomic mass is 19.1. The molecule has 0 spiro atoms. The number of benzene rings is 1. The van der Waals surface area contributed by atoms with Gasteiger partial charge in [0.25, 0.3) is 0 Å². The van der Waals surface area contributed by atoms with Crippen molar-refractivity contribution in [2.24, 2.45) is 5.92 Å². The smallest absolute Gasteiger partial charge is 0.157 e. The second-order valence-electron chi connectivity index (χ2n) is 6.24. The van der Waals surface area contributed by atoms with Crippen LogP contribution in [0, 0.1) is 11.7 Å². The van der Waals surface area contributed by atoms with Crippen molar-refractivity contribution in [3.05, 3.63) is 47.3 Å². The predicted molar refractivity (Wildman–Crippen MR) is 82.8 cm³/mol. The number of nitrogens with zero attached hydrogens (tertiary/aromatic N) is 1. The van der Waals surface area contributed by atoms with Gasteiger partial charge >= 0.3 is 0 Å². The number of allylic oxidation sites excluding steroid dienone is 1. The number of Topliss-reactive ketones (excluding diaryl/α,β-unsaturated/α-hetero) is 1. The van der Waals surface area contributed by atoms with Gasteiger partial charge in [0.1, 0.15) is 5.82 Å². The Labute approximate surface area is 130 Å². The minimum Gasteiger partial charge on any atom is -0.389 e. The maximum Gasteiger partial charge on any atom is 0.157 e. The molecule has 4 heteroatoms. The van der Waals surface area contributed by atoms with Crippen molar-refractivity contribution in [2.45, 2.75) is 38.3 Å². The van der Waals surface area contributed by atoms with Crippen molar-refractivity contribution in [2.75, 3.05) is 13.1 Å². The molecule has 0 aromatic heterocycles. The van der Waals surface area contributed by atoms with E-state index >= 15 is 0 Å². The maximum atomic E-state index is 14.3. The SMILES string of the molecule is C/C=C1\CN(C(C(=O)C2CC2)c2ccccc2F)CCC1O. The van der Waals surface area contributed by atoms with Crippen molar-refractivity contribution in [3.8, 4) is 0 Å². The van der Waals surface area contributed by atoms with Gasteiger partial charge in [-0.05, 0) is 37.8 Å². The third-order valence-electron chi connectivity index (χ3n) is 4.69. The summed E-state index contributed by atoms with van der Waals surface area (Å²) < 4.78 is 14.3. The number of hydrogen-bond donors (Lipinski definition) is 1. The van der Waals surface area contributed by atoms with E-state index in [4.69, 9.17) is 0 Å². The van der Waals surface area contributed by atoms with Crippen molar-refractivity contribution in [3.63, 3.8) is 0 Å². The van der Waals surface area contributed by atoms with E-state index in [-0.39, 0.29) is 17.5 Å². The fourth-order valence-electron chi connectivity index (χ4n) is 3.21. The van der Waals surface area contributed by atoms with Crippen LogP contribution in [0.15, 0.2) is 35.9 Å². The molecule has 1 heterocycles. The van der Waals surface area contributed by atoms with E-state index in [9.17, 15) is 14.3 Å². The molecule has 1 aliphatic heterocycles. The van der Waals surface area contributed by atoms with Gasteiger partial charge in [0.05, 0.1) is 12.1 Å². The first-order valence-corrected chi connectivity index (χ1v) is 7.97. The lowest BCUT2D eigenvalue weighted by Gasteiger charge is -2.37. The number of aliphatic hydroxyl groups is 1. The zero-order valence-electron chi connectivity index (χ0n) is 12.8. The summed E-state index contributed by atoms with van der Waals surface area (Å²) in [4.78, 5) is 14.8. The van der Waals surface area contributed by atoms with Gasteiger partial charge in [0, 0.05) is 24.6 Å². The topological polar surface area (TPSA) is 40.5 Å². The molecule has 1 aromatic rings. The Bertz CT molecular complexity index is 595. The maximum absolute atomic E-state index is 14.3. The largest absolute Gasteiger partial charge is 0.389 e. The first-order chi connectivity index (χ1) is 10.6. The van der Waals surface area contributed by atoms with Crippen molar-refractivity contribution < 1.29 is 14.3 Å². The van der Waals surface area contributed by atoms with E-state index in [0.29, 0.717) is 25.1 Å². The fourth-order valence-corrected chi connectivity index (χ4v) is 3.21. The highest BCUT2D eigenvalue weighted by molar-refractivity contribution is 5.89. The van der Waals surface area contributed by atoms with Crippen LogP contribution in [-0.2, 0) is 4.79 Å². The summed E-state index contributed by atoms with van der Waals surface area (Å²) in [6.45, 7) is 3.02. The normalized spacial score (nSPS) is 26.1. The number of hydrogen-bond acceptors (Lipinski definition) is 3. The number of carbonyl (C=O) groups is 1. The van der Waals surface area contributed by atoms with Crippen molar-refractivity contribution >= 4 is 5.78 Å². The lowest BCUT2D eigenvalue weighted by atomic mass is 9.93. The van der Waals surface area contributed by atoms with Crippen LogP contribution in [0.25, 0.3) is 0 Å². The molecule has 2 aliphatic rings. The summed E-state index contributed by atoms with van der Waals surface area (Å²) in [5.74, 6) is -0.128. The third kappa shape index (κ3) is 2.99. The zero-order chi connectivity index (χ0) is 15.7. The van der Waals surface area contributed by atoms with E-state index in [2.05, 4.69) is 0 Å². The number of aliphatic hydroxyl groups excluding tert-OH is 1. The van der Waals surface area contributed by atoms with Crippen LogP contribution in [0.2, 0.25) is 0 Å². The Balaban J connectivity index is 1.92. The molecule has 2 atom stereocenters. The van der Waals surface area contributed by atoms with E-state index in [1.807, 2.05) is 17.9 Å². The molecule has 2 unspecified atom stereocenters. The van der Waals surface area contributed by atoms with E-state index in [1.54, 1.807) is 18.2 Å². The van der Waals surface area contributed by atoms with Gasteiger partial charge in [-0.1, -0.05) is 24.3 Å². The Kier molecular flexibility index (Phi) is 4.41. The predicted octanol–water partition coefficient (Wildman–Crippen LogP) is 2.86. The number of ketones is 1. The Morgan fingerprint density at radius 1 is 1.36 bits per heavy atom. The standard InChI is InChI=1S/C18H22FNO2/c1-2-12-11-20(10-9-16(12)21)17(18(22)13-7-8-13)14-5-3-4-6-15(14)19/h2-6,13,16-17,21H,7-11H2,1H3/b12-2+. The van der Waals surface area contributed by atoms with E-state index < -0.39 is 12.1 Å². The van der Waals surface area contributed by atoms with Crippen LogP contribution in [0.5, 0.6) is 0 Å². The first-order valence-electron chi connectivity index (χ1n) is 7.97. The summed E-state index contributed by atoms with van der Waals surface area (Å²) >= 11 is 0. The number of piperidine rings is 1. The molecule has 0 amide bonds. The van der Waals surface area contributed by atoms with Crippen LogP contribution in [0.3, 0.4) is 0 Å². The number of carbonyl (C=O) groups excluding carboxylic acids is 1. The van der Waals surface area contributed by atoms with Crippen LogP contribution < -0.4 is 0 Å². The lowest BCUT2D eigenvalue weighted by molar-refractivity contribution is -0.126. The molecule has 1 N–H and O–H groups in total. The van der Waals surface area contributed by atoms with Gasteiger partial charge in [-0.15, -0.1) is 0 Å². The molecule has 0 bridgehead atoms. The van der Waals surface area contributed by atoms with Gasteiger partial charge in [0.2, 0.25) is 0 Å². The molecule has 1 aliphatic carbocycles. The number of likely N-dealkylation sites (tertiary alicyclic amines) is 1. The average molecular weight is 303 g/mol. The number of halogens is 1. The highest BCUT2D eigenvalue weighted by Crippen LogP contribution is 2.39. The van der Waals surface area contributed by atoms with Crippen molar-refractivity contribution in [1.29, 1.82) is 0 Å². The average Bonchev–Trinajstić information content (AvgIpc) is 3.35. The lowest BCUT2D eigenvalue weighted by Crippen LogP contribution is -2.43. The van der Waals surface area contributed by atoms with E-state index in [1.165, 1.54) is 6.07 Å². The minimum atomic E-state index is -0.531. The molecular weight excluding hydrogens is 281 g/mol. The minimum absolute atomic E-state index is 0.0745. The first kappa shape index (κ1) is 15.4. The van der Waals surface area contributed by atoms with Crippen LogP contribution >= 0.6 is 0 Å². The van der Waals surface area contributed by atoms with Crippen molar-refractivity contribution in [1.82, 2.24) is 4.90 Å². The van der Waals surface area contributed by atoms with Gasteiger partial charge in [-0.25, -0.2) is 4.39 Å². The highest BCUT2D eigenvalue weighted by Gasteiger charge is 2.40. The summed E-state index contributed by atoms with van der Waals surface area (Å²) in [6, 6.07) is 6.02. The quantitative estimate of drug-likeness (QED) is 0.870. The molecular formula is C18H22FNO2. The molecule has 1 saturated heterocycles. The molecule has 22 heavy (non-hydrogen) atoms. The summed E-state index contributed by atoms with van der Waals surface area (Å²) in [7, 11) is 0. The Morgan fingerprint density at radius 3 is 2.73 bits per heavy atom. The summed E-state index contributed by atoms with van der Waals surface area (Å²) in [5, 5.41) is 10.00. The Morgan fingerprint density at radius 2 is 2.09 bits per heavy atom. The van der Waals surface area contributed by atoms with Crippen LogP contribution in [0.4, 0.5) is 4.39 Å². The molecule has 0 radical (unpaired) electrons. The molecule has 3 rings (SSSR count). The van der Waals surface area contributed by atoms with Gasteiger partial charge in [-0.2, -0.15) is 0 Å². The van der Waals surface area contributed by atoms with E-state index in [0.717, 1.165) is 18.4 Å². The second-order valence-corrected chi connectivity index (χ2v) is 6.24. The third-order valence-corrected chi connectivity index (χ3v) is 4.69.